The summed E-state index contributed by atoms with van der Waals surface area (Å²) in [4.78, 5) is 4.99. The number of rotatable bonds is 7. The Morgan fingerprint density at radius 2 is 1.88 bits per heavy atom. The van der Waals surface area contributed by atoms with Crippen LogP contribution in [0.15, 0.2) is 28.8 Å². The fourth-order valence-electron chi connectivity index (χ4n) is 4.96. The van der Waals surface area contributed by atoms with Gasteiger partial charge in [-0.05, 0) is 62.2 Å². The number of ether oxygens (including phenoxy) is 1. The van der Waals surface area contributed by atoms with E-state index in [9.17, 15) is 0 Å². The molecule has 0 bridgehead atoms. The van der Waals surface area contributed by atoms with E-state index in [4.69, 9.17) is 9.26 Å². The largest absolute Gasteiger partial charge is 0.381 e. The molecule has 2 aliphatic heterocycles. The SMILES string of the molecule is c1ccc2c(N3C[C@@H]4C(COCCCN5CCCCC5)[C@@H]4C3)noc2c1. The third-order valence-electron chi connectivity index (χ3n) is 6.55. The predicted octanol–water partition coefficient (Wildman–Crippen LogP) is 3.40. The maximum Gasteiger partial charge on any atom is 0.179 e. The second-order valence-corrected chi connectivity index (χ2v) is 8.23. The van der Waals surface area contributed by atoms with Crippen LogP contribution in [0.2, 0.25) is 0 Å². The van der Waals surface area contributed by atoms with Crippen molar-refractivity contribution < 1.29 is 9.26 Å². The zero-order valence-electron chi connectivity index (χ0n) is 15.5. The minimum Gasteiger partial charge on any atom is -0.381 e. The van der Waals surface area contributed by atoms with Crippen molar-refractivity contribution in [3.63, 3.8) is 0 Å². The molecule has 26 heavy (non-hydrogen) atoms. The first kappa shape index (κ1) is 16.6. The summed E-state index contributed by atoms with van der Waals surface area (Å²) >= 11 is 0. The number of anilines is 1. The molecule has 1 aromatic heterocycles. The van der Waals surface area contributed by atoms with Gasteiger partial charge in [-0.25, -0.2) is 0 Å². The molecule has 1 aliphatic carbocycles. The molecule has 5 rings (SSSR count). The van der Waals surface area contributed by atoms with Crippen LogP contribution in [0.25, 0.3) is 11.0 Å². The lowest BCUT2D eigenvalue weighted by molar-refractivity contribution is 0.103. The second kappa shape index (κ2) is 7.20. The highest BCUT2D eigenvalue weighted by molar-refractivity contribution is 5.88. The molecule has 5 heteroatoms. The van der Waals surface area contributed by atoms with Gasteiger partial charge in [0.05, 0.1) is 12.0 Å². The average molecular weight is 355 g/mol. The summed E-state index contributed by atoms with van der Waals surface area (Å²) < 4.78 is 11.5. The highest BCUT2D eigenvalue weighted by Gasteiger charge is 2.56. The number of likely N-dealkylation sites (tertiary alicyclic amines) is 1. The van der Waals surface area contributed by atoms with Crippen LogP contribution in [0.4, 0.5) is 5.82 Å². The fraction of sp³-hybridized carbons (Fsp3) is 0.667. The van der Waals surface area contributed by atoms with Gasteiger partial charge in [0.2, 0.25) is 0 Å². The lowest BCUT2D eigenvalue weighted by atomic mass is 10.1. The van der Waals surface area contributed by atoms with Crippen LogP contribution in [0.5, 0.6) is 0 Å². The average Bonchev–Trinajstić information content (AvgIpc) is 3.05. The van der Waals surface area contributed by atoms with Gasteiger partial charge in [-0.15, -0.1) is 0 Å². The Kier molecular flexibility index (Phi) is 4.59. The summed E-state index contributed by atoms with van der Waals surface area (Å²) in [6.07, 6.45) is 5.35. The van der Waals surface area contributed by atoms with E-state index in [1.165, 1.54) is 45.3 Å². The Hall–Kier alpha value is -1.59. The molecule has 2 aromatic rings. The van der Waals surface area contributed by atoms with Crippen LogP contribution in [0.1, 0.15) is 25.7 Å². The summed E-state index contributed by atoms with van der Waals surface area (Å²) in [6.45, 7) is 7.86. The van der Waals surface area contributed by atoms with Gasteiger partial charge in [-0.1, -0.05) is 23.7 Å². The molecule has 1 saturated carbocycles. The van der Waals surface area contributed by atoms with Crippen LogP contribution < -0.4 is 4.90 Å². The van der Waals surface area contributed by atoms with Crippen molar-refractivity contribution in [3.05, 3.63) is 24.3 Å². The van der Waals surface area contributed by atoms with Crippen LogP contribution >= 0.6 is 0 Å². The molecule has 3 fully saturated rings. The predicted molar refractivity (Wildman–Crippen MR) is 102 cm³/mol. The summed E-state index contributed by atoms with van der Waals surface area (Å²) in [6, 6.07) is 8.15. The molecule has 0 radical (unpaired) electrons. The highest BCUT2D eigenvalue weighted by atomic mass is 16.5. The zero-order chi connectivity index (χ0) is 17.3. The molecule has 5 nitrogen and oxygen atoms in total. The van der Waals surface area contributed by atoms with Crippen molar-refractivity contribution in [2.45, 2.75) is 25.7 Å². The number of hydrogen-bond donors (Lipinski definition) is 0. The van der Waals surface area contributed by atoms with Crippen LogP contribution in [0.3, 0.4) is 0 Å². The van der Waals surface area contributed by atoms with Crippen molar-refractivity contribution in [3.8, 4) is 0 Å². The van der Waals surface area contributed by atoms with Gasteiger partial charge < -0.3 is 19.1 Å². The third-order valence-corrected chi connectivity index (χ3v) is 6.55. The lowest BCUT2D eigenvalue weighted by Crippen LogP contribution is -2.31. The van der Waals surface area contributed by atoms with E-state index < -0.39 is 0 Å². The Morgan fingerprint density at radius 1 is 1.08 bits per heavy atom. The van der Waals surface area contributed by atoms with Crippen molar-refractivity contribution in [2.75, 3.05) is 50.8 Å². The molecule has 0 N–H and O–H groups in total. The third kappa shape index (κ3) is 3.23. The van der Waals surface area contributed by atoms with Gasteiger partial charge in [0.1, 0.15) is 0 Å². The Labute approximate surface area is 155 Å². The minimum absolute atomic E-state index is 0.763. The lowest BCUT2D eigenvalue weighted by Gasteiger charge is -2.26. The molecule has 2 saturated heterocycles. The molecule has 1 unspecified atom stereocenters. The van der Waals surface area contributed by atoms with Crippen LogP contribution in [-0.4, -0.2) is 56.0 Å². The van der Waals surface area contributed by atoms with Crippen molar-refractivity contribution in [1.29, 1.82) is 0 Å². The molecular formula is C21H29N3O2. The Balaban J connectivity index is 1.03. The summed E-state index contributed by atoms with van der Waals surface area (Å²) in [5, 5.41) is 5.44. The molecule has 140 valence electrons. The molecule has 3 heterocycles. The zero-order valence-corrected chi connectivity index (χ0v) is 15.5. The molecule has 3 aliphatic rings. The summed E-state index contributed by atoms with van der Waals surface area (Å²) in [7, 11) is 0. The first-order valence-corrected chi connectivity index (χ1v) is 10.3. The topological polar surface area (TPSA) is 41.7 Å². The first-order valence-electron chi connectivity index (χ1n) is 10.3. The van der Waals surface area contributed by atoms with E-state index in [-0.39, 0.29) is 0 Å². The maximum atomic E-state index is 6.00. The van der Waals surface area contributed by atoms with E-state index in [0.717, 1.165) is 60.8 Å². The van der Waals surface area contributed by atoms with E-state index in [1.54, 1.807) is 0 Å². The van der Waals surface area contributed by atoms with Crippen LogP contribution in [0, 0.1) is 17.8 Å². The molecular weight excluding hydrogens is 326 g/mol. The standard InChI is InChI=1S/C21H29N3O2/c1-4-9-23(10-5-1)11-6-12-25-15-19-17-13-24(14-18(17)19)21-16-7-2-3-8-20(16)26-22-21/h2-3,7-8,17-19H,1,4-6,9-15H2/t17-,18+,19?. The van der Waals surface area contributed by atoms with Gasteiger partial charge >= 0.3 is 0 Å². The first-order chi connectivity index (χ1) is 12.9. The van der Waals surface area contributed by atoms with Gasteiger partial charge in [-0.2, -0.15) is 0 Å². The number of nitrogens with zero attached hydrogens (tertiary/aromatic N) is 3. The second-order valence-electron chi connectivity index (χ2n) is 8.23. The quantitative estimate of drug-likeness (QED) is 0.712. The number of benzene rings is 1. The number of fused-ring (bicyclic) bond motifs is 2. The normalized spacial score (nSPS) is 28.6. The van der Waals surface area contributed by atoms with Gasteiger partial charge in [0.25, 0.3) is 0 Å². The number of para-hydroxylation sites is 1. The smallest absolute Gasteiger partial charge is 0.179 e. The van der Waals surface area contributed by atoms with Gasteiger partial charge in [0.15, 0.2) is 11.4 Å². The van der Waals surface area contributed by atoms with E-state index in [1.807, 2.05) is 12.1 Å². The summed E-state index contributed by atoms with van der Waals surface area (Å²) in [5.41, 5.74) is 0.886. The van der Waals surface area contributed by atoms with Gasteiger partial charge in [-0.3, -0.25) is 0 Å². The molecule has 1 aromatic carbocycles. The monoisotopic (exact) mass is 355 g/mol. The number of hydrogen-bond acceptors (Lipinski definition) is 5. The number of piperidine rings is 2. The summed E-state index contributed by atoms with van der Waals surface area (Å²) in [5.74, 6) is 3.36. The highest BCUT2D eigenvalue weighted by Crippen LogP contribution is 2.53. The van der Waals surface area contributed by atoms with Crippen LogP contribution in [-0.2, 0) is 4.74 Å². The van der Waals surface area contributed by atoms with E-state index in [2.05, 4.69) is 27.1 Å². The van der Waals surface area contributed by atoms with Crippen molar-refractivity contribution in [2.24, 2.45) is 17.8 Å². The van der Waals surface area contributed by atoms with Crippen molar-refractivity contribution in [1.82, 2.24) is 10.1 Å². The minimum atomic E-state index is 0.763. The van der Waals surface area contributed by atoms with E-state index >= 15 is 0 Å². The fourth-order valence-corrected chi connectivity index (χ4v) is 4.96. The van der Waals surface area contributed by atoms with E-state index in [0.29, 0.717) is 0 Å². The van der Waals surface area contributed by atoms with Gasteiger partial charge in [0, 0.05) is 26.2 Å². The Bertz CT molecular complexity index is 728. The molecule has 0 spiro atoms. The molecule has 0 amide bonds. The number of aromatic nitrogens is 1. The van der Waals surface area contributed by atoms with Crippen molar-refractivity contribution >= 4 is 16.8 Å². The maximum absolute atomic E-state index is 6.00. The molecule has 3 atom stereocenters. The Morgan fingerprint density at radius 3 is 2.73 bits per heavy atom.